The maximum absolute atomic E-state index is 10.8. The van der Waals surface area contributed by atoms with Crippen LogP contribution in [0.1, 0.15) is 5.56 Å². The first kappa shape index (κ1) is 13.5. The van der Waals surface area contributed by atoms with Crippen LogP contribution >= 0.6 is 15.9 Å². The average Bonchev–Trinajstić information content (AvgIpc) is 3.06. The van der Waals surface area contributed by atoms with Crippen molar-refractivity contribution in [2.24, 2.45) is 0 Å². The molecule has 0 amide bonds. The van der Waals surface area contributed by atoms with Gasteiger partial charge in [-0.15, -0.1) is 0 Å². The van der Waals surface area contributed by atoms with Gasteiger partial charge in [-0.2, -0.15) is 5.10 Å². The summed E-state index contributed by atoms with van der Waals surface area (Å²) in [6, 6.07) is 8.27. The van der Waals surface area contributed by atoms with E-state index in [1.807, 2.05) is 0 Å². The summed E-state index contributed by atoms with van der Waals surface area (Å²) < 4.78 is 5.99. The Balaban J connectivity index is 1.96. The van der Waals surface area contributed by atoms with Crippen molar-refractivity contribution in [1.82, 2.24) is 15.2 Å². The molecule has 0 radical (unpaired) electrons. The van der Waals surface area contributed by atoms with E-state index in [1.54, 1.807) is 31.2 Å². The van der Waals surface area contributed by atoms with Gasteiger partial charge in [0.1, 0.15) is 0 Å². The maximum atomic E-state index is 10.8. The van der Waals surface area contributed by atoms with Gasteiger partial charge in [-0.3, -0.25) is 15.2 Å². The van der Waals surface area contributed by atoms with Crippen molar-refractivity contribution in [1.29, 1.82) is 0 Å². The van der Waals surface area contributed by atoms with E-state index in [0.717, 1.165) is 0 Å². The molecular weight excluding hydrogens is 340 g/mol. The first-order valence-electron chi connectivity index (χ1n) is 5.98. The number of H-pyrrole nitrogens is 1. The van der Waals surface area contributed by atoms with Crippen LogP contribution in [0.2, 0.25) is 0 Å². The Morgan fingerprint density at radius 1 is 1.33 bits per heavy atom. The summed E-state index contributed by atoms with van der Waals surface area (Å²) in [6.07, 6.45) is 0. The average molecular weight is 349 g/mol. The van der Waals surface area contributed by atoms with Crippen molar-refractivity contribution in [2.75, 3.05) is 0 Å². The number of nitro benzene ring substituents is 1. The minimum absolute atomic E-state index is 0.0736. The fourth-order valence-electron chi connectivity index (χ4n) is 1.94. The Labute approximate surface area is 127 Å². The van der Waals surface area contributed by atoms with Crippen LogP contribution in [-0.4, -0.2) is 20.1 Å². The lowest BCUT2D eigenvalue weighted by atomic mass is 10.1. The zero-order valence-electron chi connectivity index (χ0n) is 10.8. The molecule has 3 rings (SSSR count). The first-order valence-corrected chi connectivity index (χ1v) is 6.77. The highest BCUT2D eigenvalue weighted by atomic mass is 79.9. The predicted octanol–water partition coefficient (Wildman–Crippen LogP) is 3.71. The molecule has 106 valence electrons. The molecular formula is C13H9BrN4O3. The van der Waals surface area contributed by atoms with Crippen LogP contribution in [0.25, 0.3) is 23.0 Å². The van der Waals surface area contributed by atoms with Gasteiger partial charge in [-0.1, -0.05) is 0 Å². The molecule has 1 aromatic carbocycles. The van der Waals surface area contributed by atoms with E-state index < -0.39 is 4.92 Å². The number of hydrogen-bond acceptors (Lipinski definition) is 5. The molecule has 3 aromatic rings. The molecule has 0 spiro atoms. The molecule has 0 saturated carbocycles. The molecule has 0 unspecified atom stereocenters. The minimum atomic E-state index is -0.414. The summed E-state index contributed by atoms with van der Waals surface area (Å²) in [7, 11) is 0. The van der Waals surface area contributed by atoms with Gasteiger partial charge in [0.2, 0.25) is 0 Å². The largest absolute Gasteiger partial charge is 0.446 e. The molecule has 8 heteroatoms. The van der Waals surface area contributed by atoms with Crippen LogP contribution in [0.4, 0.5) is 5.69 Å². The van der Waals surface area contributed by atoms with E-state index in [1.165, 1.54) is 6.07 Å². The van der Waals surface area contributed by atoms with Gasteiger partial charge in [0.25, 0.3) is 5.69 Å². The maximum Gasteiger partial charge on any atom is 0.272 e. The highest BCUT2D eigenvalue weighted by Crippen LogP contribution is 2.26. The van der Waals surface area contributed by atoms with Crippen molar-refractivity contribution >= 4 is 21.6 Å². The second kappa shape index (κ2) is 5.13. The molecule has 0 aliphatic rings. The van der Waals surface area contributed by atoms with E-state index in [0.29, 0.717) is 33.2 Å². The summed E-state index contributed by atoms with van der Waals surface area (Å²) in [5.41, 5.74) is 1.33. The van der Waals surface area contributed by atoms with Crippen LogP contribution in [-0.2, 0) is 0 Å². The van der Waals surface area contributed by atoms with Gasteiger partial charge < -0.3 is 4.42 Å². The van der Waals surface area contributed by atoms with Gasteiger partial charge in [0.15, 0.2) is 22.1 Å². The molecule has 7 nitrogen and oxygen atoms in total. The van der Waals surface area contributed by atoms with Gasteiger partial charge >= 0.3 is 0 Å². The smallest absolute Gasteiger partial charge is 0.272 e. The van der Waals surface area contributed by atoms with Crippen LogP contribution in [0.3, 0.4) is 0 Å². The predicted molar refractivity (Wildman–Crippen MR) is 78.6 cm³/mol. The lowest BCUT2D eigenvalue weighted by molar-refractivity contribution is -0.385. The standard InChI is InChI=1S/C13H9BrN4O3/c1-7-6-8(2-3-9(7)18(19)20)12-15-13(17-16-12)10-4-5-11(14)21-10/h2-6H,1H3,(H,15,16,17). The van der Waals surface area contributed by atoms with E-state index in [-0.39, 0.29) is 5.69 Å². The number of aryl methyl sites for hydroxylation is 1. The highest BCUT2D eigenvalue weighted by Gasteiger charge is 2.14. The number of nitro groups is 1. The minimum Gasteiger partial charge on any atom is -0.446 e. The highest BCUT2D eigenvalue weighted by molar-refractivity contribution is 9.10. The summed E-state index contributed by atoms with van der Waals surface area (Å²) >= 11 is 3.22. The molecule has 1 N–H and O–H groups in total. The second-order valence-corrected chi connectivity index (χ2v) is 5.15. The van der Waals surface area contributed by atoms with Crippen molar-refractivity contribution in [2.45, 2.75) is 6.92 Å². The van der Waals surface area contributed by atoms with Crippen molar-refractivity contribution in [3.05, 3.63) is 50.7 Å². The number of halogens is 1. The molecule has 0 saturated heterocycles. The number of nitrogens with one attached hydrogen (secondary N) is 1. The normalized spacial score (nSPS) is 10.8. The number of furan rings is 1. The molecule has 21 heavy (non-hydrogen) atoms. The van der Waals surface area contributed by atoms with Crippen LogP contribution in [0.5, 0.6) is 0 Å². The number of nitrogens with zero attached hydrogens (tertiary/aromatic N) is 3. The van der Waals surface area contributed by atoms with Crippen molar-refractivity contribution in [3.63, 3.8) is 0 Å². The number of aromatic amines is 1. The summed E-state index contributed by atoms with van der Waals surface area (Å²) in [5.74, 6) is 1.50. The lowest BCUT2D eigenvalue weighted by Gasteiger charge is -1.99. The quantitative estimate of drug-likeness (QED) is 0.574. The number of rotatable bonds is 3. The van der Waals surface area contributed by atoms with Crippen LogP contribution in [0.15, 0.2) is 39.4 Å². The third-order valence-electron chi connectivity index (χ3n) is 2.94. The third-order valence-corrected chi connectivity index (χ3v) is 3.37. The molecule has 0 aliphatic carbocycles. The van der Waals surface area contributed by atoms with Gasteiger partial charge in [-0.25, -0.2) is 4.98 Å². The molecule has 2 heterocycles. The van der Waals surface area contributed by atoms with Crippen LogP contribution in [0, 0.1) is 17.0 Å². The van der Waals surface area contributed by atoms with E-state index in [2.05, 4.69) is 31.1 Å². The van der Waals surface area contributed by atoms with E-state index >= 15 is 0 Å². The zero-order valence-corrected chi connectivity index (χ0v) is 12.4. The number of benzene rings is 1. The monoisotopic (exact) mass is 348 g/mol. The third kappa shape index (κ3) is 2.57. The Morgan fingerprint density at radius 2 is 2.14 bits per heavy atom. The Bertz CT molecular complexity index is 824. The molecule has 0 aliphatic heterocycles. The molecule has 0 bridgehead atoms. The molecule has 0 atom stereocenters. The van der Waals surface area contributed by atoms with E-state index in [9.17, 15) is 10.1 Å². The number of hydrogen-bond donors (Lipinski definition) is 1. The lowest BCUT2D eigenvalue weighted by Crippen LogP contribution is -1.92. The van der Waals surface area contributed by atoms with Crippen molar-refractivity contribution in [3.8, 4) is 23.0 Å². The zero-order chi connectivity index (χ0) is 15.0. The SMILES string of the molecule is Cc1cc(-c2n[nH]c(-c3ccc(Br)o3)n2)ccc1[N+](=O)[O-]. The Kier molecular flexibility index (Phi) is 3.30. The van der Waals surface area contributed by atoms with Gasteiger partial charge in [0, 0.05) is 17.2 Å². The number of aromatic nitrogens is 3. The van der Waals surface area contributed by atoms with E-state index in [4.69, 9.17) is 4.42 Å². The fourth-order valence-corrected chi connectivity index (χ4v) is 2.25. The Hall–Kier alpha value is -2.48. The summed E-state index contributed by atoms with van der Waals surface area (Å²) in [4.78, 5) is 14.7. The topological polar surface area (TPSA) is 97.8 Å². The molecule has 2 aromatic heterocycles. The van der Waals surface area contributed by atoms with Gasteiger partial charge in [0.05, 0.1) is 4.92 Å². The Morgan fingerprint density at radius 3 is 2.76 bits per heavy atom. The fraction of sp³-hybridized carbons (Fsp3) is 0.0769. The summed E-state index contributed by atoms with van der Waals surface area (Å²) in [5, 5.41) is 17.7. The molecule has 0 fully saturated rings. The first-order chi connectivity index (χ1) is 10.0. The summed E-state index contributed by atoms with van der Waals surface area (Å²) in [6.45, 7) is 1.68. The van der Waals surface area contributed by atoms with Crippen molar-refractivity contribution < 1.29 is 9.34 Å². The second-order valence-electron chi connectivity index (χ2n) is 4.37. The van der Waals surface area contributed by atoms with Gasteiger partial charge in [-0.05, 0) is 47.1 Å². The van der Waals surface area contributed by atoms with Crippen LogP contribution < -0.4 is 0 Å².